The van der Waals surface area contributed by atoms with Crippen LogP contribution in [0.5, 0.6) is 5.75 Å². The van der Waals surface area contributed by atoms with Gasteiger partial charge in [0, 0.05) is 5.56 Å². The van der Waals surface area contributed by atoms with E-state index in [1.54, 1.807) is 7.11 Å². The molecule has 1 aromatic carbocycles. The number of rotatable bonds is 2. The zero-order valence-electron chi connectivity index (χ0n) is 9.70. The Labute approximate surface area is 96.9 Å². The minimum atomic E-state index is -0.315. The minimum Gasteiger partial charge on any atom is -0.496 e. The minimum absolute atomic E-state index is 0.315. The second-order valence-electron chi connectivity index (χ2n) is 4.45. The lowest BCUT2D eigenvalue weighted by atomic mass is 9.70. The first-order valence-electron chi connectivity index (χ1n) is 5.87. The maximum absolute atomic E-state index is 9.51. The Bertz CT molecular complexity index is 399. The van der Waals surface area contributed by atoms with E-state index in [0.29, 0.717) is 0 Å². The fourth-order valence-electron chi connectivity index (χ4n) is 2.64. The summed E-state index contributed by atoms with van der Waals surface area (Å²) in [6.45, 7) is 0. The number of hydrogen-bond acceptors (Lipinski definition) is 2. The second kappa shape index (κ2) is 4.57. The van der Waals surface area contributed by atoms with Crippen LogP contribution in [0.3, 0.4) is 0 Å². The predicted molar refractivity (Wildman–Crippen MR) is 63.4 cm³/mol. The Kier molecular flexibility index (Phi) is 3.14. The molecule has 0 amide bonds. The molecule has 1 aliphatic rings. The molecule has 0 spiro atoms. The van der Waals surface area contributed by atoms with Crippen molar-refractivity contribution in [3.8, 4) is 11.8 Å². The summed E-state index contributed by atoms with van der Waals surface area (Å²) in [6, 6.07) is 10.5. The standard InChI is InChI=1S/C14H17NO/c1-16-13-8-4-3-7-12(13)14(11-15)9-5-2-6-10-14/h3-4,7-8H,2,5-6,9-10H2,1H3. The third-order valence-electron chi connectivity index (χ3n) is 3.54. The highest BCUT2D eigenvalue weighted by Crippen LogP contribution is 2.42. The number of benzene rings is 1. The molecule has 0 aromatic heterocycles. The molecular formula is C14H17NO. The van der Waals surface area contributed by atoms with Crippen molar-refractivity contribution >= 4 is 0 Å². The van der Waals surface area contributed by atoms with Crippen LogP contribution < -0.4 is 4.74 Å². The molecule has 2 nitrogen and oxygen atoms in total. The normalized spacial score (nSPS) is 18.8. The number of nitrogens with zero attached hydrogens (tertiary/aromatic N) is 1. The van der Waals surface area contributed by atoms with Crippen molar-refractivity contribution in [1.82, 2.24) is 0 Å². The number of methoxy groups -OCH3 is 1. The van der Waals surface area contributed by atoms with Crippen LogP contribution in [0, 0.1) is 11.3 Å². The van der Waals surface area contributed by atoms with E-state index >= 15 is 0 Å². The van der Waals surface area contributed by atoms with Gasteiger partial charge in [0.2, 0.25) is 0 Å². The lowest BCUT2D eigenvalue weighted by molar-refractivity contribution is 0.342. The summed E-state index contributed by atoms with van der Waals surface area (Å²) in [5.41, 5.74) is 0.755. The van der Waals surface area contributed by atoms with Crippen molar-refractivity contribution in [2.24, 2.45) is 0 Å². The van der Waals surface area contributed by atoms with Gasteiger partial charge in [0.1, 0.15) is 5.75 Å². The van der Waals surface area contributed by atoms with E-state index in [0.717, 1.165) is 37.0 Å². The summed E-state index contributed by atoms with van der Waals surface area (Å²) < 4.78 is 5.37. The SMILES string of the molecule is COc1ccccc1C1(C#N)CCCCC1. The molecule has 0 atom stereocenters. The van der Waals surface area contributed by atoms with Crippen LogP contribution in [0.15, 0.2) is 24.3 Å². The van der Waals surface area contributed by atoms with E-state index < -0.39 is 0 Å². The van der Waals surface area contributed by atoms with Crippen LogP contribution in [-0.2, 0) is 5.41 Å². The van der Waals surface area contributed by atoms with Gasteiger partial charge in [-0.1, -0.05) is 37.5 Å². The van der Waals surface area contributed by atoms with Gasteiger partial charge in [-0.3, -0.25) is 0 Å². The molecular weight excluding hydrogens is 198 g/mol. The molecule has 1 aliphatic carbocycles. The van der Waals surface area contributed by atoms with Crippen LogP contribution in [0.2, 0.25) is 0 Å². The van der Waals surface area contributed by atoms with Gasteiger partial charge in [-0.2, -0.15) is 5.26 Å². The van der Waals surface area contributed by atoms with Crippen LogP contribution in [0.4, 0.5) is 0 Å². The van der Waals surface area contributed by atoms with Crippen molar-refractivity contribution in [3.05, 3.63) is 29.8 Å². The Balaban J connectivity index is 2.43. The molecule has 0 unspecified atom stereocenters. The van der Waals surface area contributed by atoms with Crippen molar-refractivity contribution in [2.75, 3.05) is 7.11 Å². The van der Waals surface area contributed by atoms with Gasteiger partial charge in [-0.05, 0) is 18.9 Å². The van der Waals surface area contributed by atoms with E-state index in [1.165, 1.54) is 6.42 Å². The van der Waals surface area contributed by atoms with Gasteiger partial charge in [-0.25, -0.2) is 0 Å². The van der Waals surface area contributed by atoms with Gasteiger partial charge in [0.05, 0.1) is 18.6 Å². The lowest BCUT2D eigenvalue weighted by Crippen LogP contribution is -2.27. The fraction of sp³-hybridized carbons (Fsp3) is 0.500. The first-order chi connectivity index (χ1) is 7.82. The number of nitriles is 1. The largest absolute Gasteiger partial charge is 0.496 e. The van der Waals surface area contributed by atoms with Crippen molar-refractivity contribution in [2.45, 2.75) is 37.5 Å². The van der Waals surface area contributed by atoms with E-state index in [9.17, 15) is 5.26 Å². The predicted octanol–water partition coefficient (Wildman–Crippen LogP) is 3.42. The highest BCUT2D eigenvalue weighted by molar-refractivity contribution is 5.44. The molecule has 2 rings (SSSR count). The van der Waals surface area contributed by atoms with Crippen LogP contribution >= 0.6 is 0 Å². The fourth-order valence-corrected chi connectivity index (χ4v) is 2.64. The summed E-state index contributed by atoms with van der Waals surface area (Å²) in [5, 5.41) is 9.51. The molecule has 1 saturated carbocycles. The summed E-state index contributed by atoms with van der Waals surface area (Å²) in [4.78, 5) is 0. The Morgan fingerprint density at radius 2 is 1.88 bits per heavy atom. The molecule has 16 heavy (non-hydrogen) atoms. The molecule has 84 valence electrons. The maximum Gasteiger partial charge on any atom is 0.123 e. The molecule has 1 fully saturated rings. The van der Waals surface area contributed by atoms with E-state index in [-0.39, 0.29) is 5.41 Å². The van der Waals surface area contributed by atoms with Gasteiger partial charge < -0.3 is 4.74 Å². The molecule has 1 aromatic rings. The summed E-state index contributed by atoms with van der Waals surface area (Å²) in [6.07, 6.45) is 5.46. The van der Waals surface area contributed by atoms with Gasteiger partial charge >= 0.3 is 0 Å². The van der Waals surface area contributed by atoms with Crippen molar-refractivity contribution in [1.29, 1.82) is 5.26 Å². The Hall–Kier alpha value is -1.49. The Morgan fingerprint density at radius 1 is 1.19 bits per heavy atom. The van der Waals surface area contributed by atoms with Crippen LogP contribution in [0.1, 0.15) is 37.7 Å². The highest BCUT2D eigenvalue weighted by Gasteiger charge is 2.36. The quantitative estimate of drug-likeness (QED) is 0.757. The number of ether oxygens (including phenoxy) is 1. The van der Waals surface area contributed by atoms with Gasteiger partial charge in [-0.15, -0.1) is 0 Å². The lowest BCUT2D eigenvalue weighted by Gasteiger charge is -2.32. The molecule has 0 heterocycles. The van der Waals surface area contributed by atoms with Crippen molar-refractivity contribution < 1.29 is 4.74 Å². The molecule has 0 N–H and O–H groups in total. The van der Waals surface area contributed by atoms with Crippen LogP contribution in [0.25, 0.3) is 0 Å². The average molecular weight is 215 g/mol. The highest BCUT2D eigenvalue weighted by atomic mass is 16.5. The monoisotopic (exact) mass is 215 g/mol. The first kappa shape index (κ1) is 11.0. The smallest absolute Gasteiger partial charge is 0.123 e. The molecule has 2 heteroatoms. The number of hydrogen-bond donors (Lipinski definition) is 0. The van der Waals surface area contributed by atoms with Crippen LogP contribution in [-0.4, -0.2) is 7.11 Å². The Morgan fingerprint density at radius 3 is 2.50 bits per heavy atom. The van der Waals surface area contributed by atoms with E-state index in [2.05, 4.69) is 6.07 Å². The van der Waals surface area contributed by atoms with E-state index in [4.69, 9.17) is 4.74 Å². The molecule has 0 aliphatic heterocycles. The van der Waals surface area contributed by atoms with Gasteiger partial charge in [0.15, 0.2) is 0 Å². The van der Waals surface area contributed by atoms with Gasteiger partial charge in [0.25, 0.3) is 0 Å². The topological polar surface area (TPSA) is 33.0 Å². The molecule has 0 radical (unpaired) electrons. The number of para-hydroxylation sites is 1. The summed E-state index contributed by atoms with van der Waals surface area (Å²) in [5.74, 6) is 0.853. The molecule has 0 saturated heterocycles. The molecule has 0 bridgehead atoms. The average Bonchev–Trinajstić information content (AvgIpc) is 2.39. The third-order valence-corrected chi connectivity index (χ3v) is 3.54. The van der Waals surface area contributed by atoms with Crippen molar-refractivity contribution in [3.63, 3.8) is 0 Å². The first-order valence-corrected chi connectivity index (χ1v) is 5.87. The maximum atomic E-state index is 9.51. The van der Waals surface area contributed by atoms with E-state index in [1.807, 2.05) is 24.3 Å². The summed E-state index contributed by atoms with van der Waals surface area (Å²) in [7, 11) is 1.67. The summed E-state index contributed by atoms with van der Waals surface area (Å²) >= 11 is 0. The zero-order valence-corrected chi connectivity index (χ0v) is 9.70. The third kappa shape index (κ3) is 1.78. The second-order valence-corrected chi connectivity index (χ2v) is 4.45. The zero-order chi connectivity index (χ0) is 11.4.